The van der Waals surface area contributed by atoms with Crippen LogP contribution in [0.4, 0.5) is 16.2 Å². The van der Waals surface area contributed by atoms with Crippen LogP contribution in [0.25, 0.3) is 0 Å². The van der Waals surface area contributed by atoms with Gasteiger partial charge in [-0.15, -0.1) is 0 Å². The van der Waals surface area contributed by atoms with Crippen LogP contribution < -0.4 is 14.8 Å². The first kappa shape index (κ1) is 30.8. The second-order valence-electron chi connectivity index (χ2n) is 10.7. The van der Waals surface area contributed by atoms with Crippen LogP contribution in [0.5, 0.6) is 5.75 Å². The summed E-state index contributed by atoms with van der Waals surface area (Å²) in [7, 11) is -0.675. The number of likely N-dealkylation sites (N-methyl/N-ethyl adjacent to an activating group) is 1. The maximum Gasteiger partial charge on any atom is 0.321 e. The maximum atomic E-state index is 13.4. The van der Waals surface area contributed by atoms with Gasteiger partial charge in [0.2, 0.25) is 5.91 Å². The normalized spacial score (nSPS) is 18.3. The first-order valence-corrected chi connectivity index (χ1v) is 14.9. The quantitative estimate of drug-likeness (QED) is 0.349. The van der Waals surface area contributed by atoms with Crippen molar-refractivity contribution in [2.45, 2.75) is 51.3 Å². The summed E-state index contributed by atoms with van der Waals surface area (Å²) in [5, 5.41) is 16.4. The number of aromatic nitrogens is 3. The molecule has 1 aliphatic rings. The number of nitrogens with one attached hydrogen (secondary N) is 2. The predicted molar refractivity (Wildman–Crippen MR) is 154 cm³/mol. The van der Waals surface area contributed by atoms with E-state index in [1.807, 2.05) is 6.92 Å². The van der Waals surface area contributed by atoms with Gasteiger partial charge in [0.1, 0.15) is 23.2 Å². The average Bonchev–Trinajstić information content (AvgIpc) is 3.53. The number of aliphatic hydroxyl groups is 1. The van der Waals surface area contributed by atoms with Crippen LogP contribution >= 0.6 is 0 Å². The Kier molecular flexibility index (Phi) is 9.11. The molecule has 1 aromatic carbocycles. The summed E-state index contributed by atoms with van der Waals surface area (Å²) in [5.74, 6) is 0.379. The van der Waals surface area contributed by atoms with E-state index in [0.29, 0.717) is 28.5 Å². The van der Waals surface area contributed by atoms with E-state index in [1.54, 1.807) is 58.0 Å². The van der Waals surface area contributed by atoms with Gasteiger partial charge in [-0.05, 0) is 39.0 Å². The number of urea groups is 1. The lowest BCUT2D eigenvalue weighted by atomic mass is 10.0. The van der Waals surface area contributed by atoms with Crippen molar-refractivity contribution >= 4 is 33.3 Å². The van der Waals surface area contributed by atoms with Crippen LogP contribution in [0.1, 0.15) is 30.9 Å². The van der Waals surface area contributed by atoms with E-state index in [1.165, 1.54) is 22.0 Å². The number of hydrogen-bond donors (Lipinski definition) is 3. The number of fused-ring (bicyclic) bond motifs is 1. The van der Waals surface area contributed by atoms with Crippen LogP contribution in [0, 0.1) is 19.8 Å². The minimum absolute atomic E-state index is 0.0827. The van der Waals surface area contributed by atoms with Crippen molar-refractivity contribution in [3.8, 4) is 5.75 Å². The van der Waals surface area contributed by atoms with E-state index in [0.717, 1.165) is 0 Å². The van der Waals surface area contributed by atoms with Crippen LogP contribution in [-0.2, 0) is 28.3 Å². The molecule has 0 saturated carbocycles. The molecule has 15 heteroatoms. The molecule has 0 spiro atoms. The van der Waals surface area contributed by atoms with Gasteiger partial charge in [0.25, 0.3) is 10.0 Å². The summed E-state index contributed by atoms with van der Waals surface area (Å²) in [5.41, 5.74) is 1.74. The minimum atomic E-state index is -3.97. The number of carbonyl (C=O) groups excluding carboxylic acids is 2. The highest BCUT2D eigenvalue weighted by Gasteiger charge is 2.32. The van der Waals surface area contributed by atoms with Gasteiger partial charge in [-0.2, -0.15) is 8.42 Å². The maximum absolute atomic E-state index is 13.4. The molecule has 2 aromatic heterocycles. The van der Waals surface area contributed by atoms with Gasteiger partial charge in [-0.25, -0.2) is 9.78 Å². The Morgan fingerprint density at radius 2 is 2.05 bits per heavy atom. The largest absolute Gasteiger partial charge is 0.488 e. The second-order valence-corrected chi connectivity index (χ2v) is 12.3. The summed E-state index contributed by atoms with van der Waals surface area (Å²) in [4.78, 5) is 33.5. The third-order valence-corrected chi connectivity index (χ3v) is 8.46. The number of sulfonamides is 1. The predicted octanol–water partition coefficient (Wildman–Crippen LogP) is 2.14. The number of nitrogens with zero attached hydrogens (tertiary/aromatic N) is 5. The Morgan fingerprint density at radius 3 is 2.67 bits per heavy atom. The van der Waals surface area contributed by atoms with E-state index >= 15 is 0 Å². The summed E-state index contributed by atoms with van der Waals surface area (Å²) in [6.45, 7) is 7.30. The van der Waals surface area contributed by atoms with Crippen molar-refractivity contribution in [2.75, 3.05) is 36.8 Å². The van der Waals surface area contributed by atoms with Crippen molar-refractivity contribution in [2.24, 2.45) is 13.0 Å². The first-order chi connectivity index (χ1) is 19.8. The van der Waals surface area contributed by atoms with Gasteiger partial charge >= 0.3 is 6.03 Å². The summed E-state index contributed by atoms with van der Waals surface area (Å²) < 4.78 is 41.3. The fraction of sp³-hybridized carbons (Fsp3) is 0.481. The average molecular weight is 604 g/mol. The molecule has 0 fully saturated rings. The molecule has 0 unspecified atom stereocenters. The van der Waals surface area contributed by atoms with E-state index in [2.05, 4.69) is 20.2 Å². The molecule has 228 valence electrons. The Bertz CT molecular complexity index is 1530. The zero-order valence-electron chi connectivity index (χ0n) is 24.5. The number of hydrogen-bond acceptors (Lipinski definition) is 9. The molecule has 42 heavy (non-hydrogen) atoms. The number of benzene rings is 1. The zero-order valence-corrected chi connectivity index (χ0v) is 25.3. The first-order valence-electron chi connectivity index (χ1n) is 13.4. The van der Waals surface area contributed by atoms with E-state index < -0.39 is 28.2 Å². The highest BCUT2D eigenvalue weighted by Crippen LogP contribution is 2.30. The van der Waals surface area contributed by atoms with E-state index in [-0.39, 0.29) is 48.7 Å². The summed E-state index contributed by atoms with van der Waals surface area (Å²) in [6.07, 6.45) is 2.13. The molecular formula is C27H37N7O7S. The smallest absolute Gasteiger partial charge is 0.321 e. The number of imidazole rings is 1. The van der Waals surface area contributed by atoms with Crippen molar-refractivity contribution in [1.82, 2.24) is 24.5 Å². The zero-order chi connectivity index (χ0) is 30.8. The number of aryl methyl sites for hydroxylation is 3. The number of aliphatic hydroxyl groups excluding tert-OH is 1. The van der Waals surface area contributed by atoms with Gasteiger partial charge in [0, 0.05) is 44.0 Å². The lowest BCUT2D eigenvalue weighted by Gasteiger charge is -2.34. The Labute approximate surface area is 244 Å². The molecular weight excluding hydrogens is 566 g/mol. The van der Waals surface area contributed by atoms with Crippen molar-refractivity contribution in [3.63, 3.8) is 0 Å². The highest BCUT2D eigenvalue weighted by molar-refractivity contribution is 7.92. The molecule has 4 rings (SSSR count). The molecule has 3 aromatic rings. The summed E-state index contributed by atoms with van der Waals surface area (Å²) >= 11 is 0. The van der Waals surface area contributed by atoms with Crippen LogP contribution in [0.2, 0.25) is 0 Å². The molecule has 3 heterocycles. The second kappa shape index (κ2) is 12.4. The van der Waals surface area contributed by atoms with Crippen LogP contribution in [0.15, 0.2) is 40.3 Å². The molecule has 1 aliphatic heterocycles. The van der Waals surface area contributed by atoms with Crippen LogP contribution in [0.3, 0.4) is 0 Å². The van der Waals surface area contributed by atoms with Crippen LogP contribution in [-0.4, -0.2) is 88.9 Å². The van der Waals surface area contributed by atoms with Crippen molar-refractivity contribution in [1.29, 1.82) is 0 Å². The van der Waals surface area contributed by atoms with Gasteiger partial charge in [-0.3, -0.25) is 9.52 Å². The standard InChI is InChI=1S/C27H37N7O7S/c1-16-11-34(17(2)14-35)25(36)10-20-9-21(31-42(38,39)24-13-32(5)15-28-24)7-8-22(20)40-23(16)12-33(6)27(37)29-26-18(3)30-41-19(26)4/h7-9,13,15-17,23,31,35H,10-12,14H2,1-6H3,(H,29,37)/t16-,17+,23+/m0/s1. The van der Waals surface area contributed by atoms with Crippen molar-refractivity contribution < 1.29 is 32.4 Å². The molecule has 3 atom stereocenters. The van der Waals surface area contributed by atoms with Crippen molar-refractivity contribution in [3.05, 3.63) is 47.7 Å². The fourth-order valence-corrected chi connectivity index (χ4v) is 5.70. The SMILES string of the molecule is Cc1noc(C)c1NC(=O)N(C)C[C@H]1Oc2ccc(NS(=O)(=O)c3cn(C)cn3)cc2CC(=O)N([C@H](C)CO)C[C@@H]1C. The molecule has 3 N–H and O–H groups in total. The Hall–Kier alpha value is -4.11. The van der Waals surface area contributed by atoms with Gasteiger partial charge < -0.3 is 34.1 Å². The van der Waals surface area contributed by atoms with E-state index in [4.69, 9.17) is 9.26 Å². The number of amides is 3. The molecule has 0 radical (unpaired) electrons. The molecule has 0 aliphatic carbocycles. The number of rotatable bonds is 8. The summed E-state index contributed by atoms with van der Waals surface area (Å²) in [6, 6.07) is 3.85. The third kappa shape index (κ3) is 6.85. The fourth-order valence-electron chi connectivity index (χ4n) is 4.66. The lowest BCUT2D eigenvalue weighted by Crippen LogP contribution is -2.48. The Morgan fingerprint density at radius 1 is 1.31 bits per heavy atom. The topological polar surface area (TPSA) is 172 Å². The van der Waals surface area contributed by atoms with Gasteiger partial charge in [-0.1, -0.05) is 12.1 Å². The minimum Gasteiger partial charge on any atom is -0.488 e. The third-order valence-electron chi connectivity index (χ3n) is 7.19. The lowest BCUT2D eigenvalue weighted by molar-refractivity contribution is -0.134. The molecule has 0 saturated heterocycles. The number of carbonyl (C=O) groups is 2. The number of anilines is 2. The Balaban J connectivity index is 1.62. The number of ether oxygens (including phenoxy) is 1. The van der Waals surface area contributed by atoms with E-state index in [9.17, 15) is 23.1 Å². The highest BCUT2D eigenvalue weighted by atomic mass is 32.2. The molecule has 3 amide bonds. The molecule has 14 nitrogen and oxygen atoms in total. The van der Waals surface area contributed by atoms with Gasteiger partial charge in [0.05, 0.1) is 31.9 Å². The van der Waals surface area contributed by atoms with Gasteiger partial charge in [0.15, 0.2) is 10.8 Å². The monoisotopic (exact) mass is 603 g/mol. The molecule has 0 bridgehead atoms.